The number of ether oxygens (including phenoxy) is 1. The standard InChI is InChI=1S/C15H10ClF4N3O6S/c1-22(23(25)26)30(27,28)12-3-2-8(6-9(12)14(21)24)29-13-10(16)4-7(5-11(13)17)15(18,19)20/h2-6H,1H3,(H2,21,24). The number of nitrogens with two attached hydrogens (primary N) is 1. The fraction of sp³-hybridized carbons (Fsp3) is 0.133. The maximum Gasteiger partial charge on any atom is 0.416 e. The van der Waals surface area contributed by atoms with Crippen LogP contribution in [0.25, 0.3) is 0 Å². The van der Waals surface area contributed by atoms with Gasteiger partial charge in [0.2, 0.25) is 5.91 Å². The van der Waals surface area contributed by atoms with Crippen molar-refractivity contribution in [2.75, 3.05) is 7.05 Å². The lowest BCUT2D eigenvalue weighted by Crippen LogP contribution is -2.33. The molecule has 2 N–H and O–H groups in total. The summed E-state index contributed by atoms with van der Waals surface area (Å²) in [5.74, 6) is -4.07. The third kappa shape index (κ3) is 4.54. The van der Waals surface area contributed by atoms with Crippen molar-refractivity contribution in [1.29, 1.82) is 0 Å². The van der Waals surface area contributed by atoms with Crippen molar-refractivity contribution in [2.45, 2.75) is 11.1 Å². The molecular formula is C15H10ClF4N3O6S. The Morgan fingerprint density at radius 1 is 1.27 bits per heavy atom. The van der Waals surface area contributed by atoms with Gasteiger partial charge in [-0.25, -0.2) is 14.5 Å². The normalized spacial score (nSPS) is 11.8. The van der Waals surface area contributed by atoms with Gasteiger partial charge in [-0.05, 0) is 34.7 Å². The van der Waals surface area contributed by atoms with Crippen LogP contribution in [-0.4, -0.2) is 30.8 Å². The van der Waals surface area contributed by atoms with Crippen molar-refractivity contribution in [3.63, 3.8) is 0 Å². The van der Waals surface area contributed by atoms with Gasteiger partial charge in [0, 0.05) is 0 Å². The summed E-state index contributed by atoms with van der Waals surface area (Å²) >= 11 is 5.64. The molecule has 15 heteroatoms. The van der Waals surface area contributed by atoms with Crippen molar-refractivity contribution in [3.8, 4) is 11.5 Å². The topological polar surface area (TPSA) is 133 Å². The van der Waals surface area contributed by atoms with Crippen LogP contribution < -0.4 is 10.5 Å². The van der Waals surface area contributed by atoms with Gasteiger partial charge in [-0.15, -0.1) is 0 Å². The molecule has 0 bridgehead atoms. The van der Waals surface area contributed by atoms with E-state index in [2.05, 4.69) is 0 Å². The van der Waals surface area contributed by atoms with Crippen molar-refractivity contribution < 1.29 is 40.5 Å². The Balaban J connectivity index is 2.53. The zero-order chi connectivity index (χ0) is 23.0. The van der Waals surface area contributed by atoms with Crippen LogP contribution in [0.2, 0.25) is 5.02 Å². The molecule has 2 aromatic carbocycles. The molecule has 9 nitrogen and oxygen atoms in total. The molecule has 0 aliphatic rings. The maximum atomic E-state index is 14.1. The van der Waals surface area contributed by atoms with Gasteiger partial charge < -0.3 is 10.5 Å². The predicted octanol–water partition coefficient (Wildman–Crippen LogP) is 3.20. The SMILES string of the molecule is CN([N+](=O)[O-])S(=O)(=O)c1ccc(Oc2c(F)cc(C(F)(F)F)cc2Cl)cc1C(N)=O. The van der Waals surface area contributed by atoms with Gasteiger partial charge in [0.15, 0.2) is 16.6 Å². The number of carbonyl (C=O) groups is 1. The number of nitro groups is 1. The fourth-order valence-electron chi connectivity index (χ4n) is 2.16. The van der Waals surface area contributed by atoms with Gasteiger partial charge in [0.25, 0.3) is 0 Å². The lowest BCUT2D eigenvalue weighted by molar-refractivity contribution is -0.613. The van der Waals surface area contributed by atoms with E-state index in [-0.39, 0.29) is 10.5 Å². The highest BCUT2D eigenvalue weighted by molar-refractivity contribution is 7.89. The smallest absolute Gasteiger partial charge is 0.416 e. The highest BCUT2D eigenvalue weighted by atomic mass is 35.5. The van der Waals surface area contributed by atoms with Crippen LogP contribution in [0.15, 0.2) is 35.2 Å². The second kappa shape index (κ2) is 7.95. The van der Waals surface area contributed by atoms with E-state index in [0.29, 0.717) is 13.1 Å². The Labute approximate surface area is 170 Å². The number of primary amides is 1. The molecule has 1 amide bonds. The minimum absolute atomic E-state index is 0.126. The summed E-state index contributed by atoms with van der Waals surface area (Å²) in [6.45, 7) is 0. The number of benzene rings is 2. The molecule has 0 saturated carbocycles. The van der Waals surface area contributed by atoms with Crippen molar-refractivity contribution in [3.05, 3.63) is 62.4 Å². The van der Waals surface area contributed by atoms with Crippen LogP contribution in [0.4, 0.5) is 17.6 Å². The van der Waals surface area contributed by atoms with Crippen LogP contribution in [0.5, 0.6) is 11.5 Å². The molecule has 2 rings (SSSR count). The Bertz CT molecular complexity index is 1120. The van der Waals surface area contributed by atoms with Gasteiger partial charge >= 0.3 is 16.2 Å². The lowest BCUT2D eigenvalue weighted by atomic mass is 10.2. The molecule has 0 aliphatic carbocycles. The number of alkyl halides is 3. The first-order valence-corrected chi connectivity index (χ1v) is 9.29. The quantitative estimate of drug-likeness (QED) is 0.391. The van der Waals surface area contributed by atoms with Crippen molar-refractivity contribution in [1.82, 2.24) is 4.41 Å². The van der Waals surface area contributed by atoms with Gasteiger partial charge in [-0.3, -0.25) is 4.79 Å². The molecule has 2 aromatic rings. The molecule has 0 unspecified atom stereocenters. The number of sulfonamides is 1. The van der Waals surface area contributed by atoms with Crippen molar-refractivity contribution >= 4 is 27.5 Å². The molecule has 0 fully saturated rings. The van der Waals surface area contributed by atoms with E-state index in [4.69, 9.17) is 22.1 Å². The van der Waals surface area contributed by atoms with Crippen molar-refractivity contribution in [2.24, 2.45) is 5.73 Å². The summed E-state index contributed by atoms with van der Waals surface area (Å²) < 4.78 is 81.5. The molecule has 0 atom stereocenters. The van der Waals surface area contributed by atoms with E-state index in [0.717, 1.165) is 18.2 Å². The Hall–Kier alpha value is -3.13. The minimum atomic E-state index is -4.87. The Morgan fingerprint density at radius 2 is 1.87 bits per heavy atom. The lowest BCUT2D eigenvalue weighted by Gasteiger charge is -2.15. The third-order valence-electron chi connectivity index (χ3n) is 3.62. The summed E-state index contributed by atoms with van der Waals surface area (Å²) in [5, 5.41) is 8.74. The molecule has 0 radical (unpaired) electrons. The molecule has 0 spiro atoms. The zero-order valence-electron chi connectivity index (χ0n) is 14.6. The van der Waals surface area contributed by atoms with Gasteiger partial charge in [0.05, 0.1) is 23.2 Å². The second-order valence-electron chi connectivity index (χ2n) is 5.57. The first-order chi connectivity index (χ1) is 13.7. The third-order valence-corrected chi connectivity index (χ3v) is 5.64. The number of hydrazine groups is 1. The summed E-state index contributed by atoms with van der Waals surface area (Å²) in [6.07, 6.45) is -4.87. The average molecular weight is 472 g/mol. The number of nitrogens with zero attached hydrogens (tertiary/aromatic N) is 2. The summed E-state index contributed by atoms with van der Waals surface area (Å²) in [7, 11) is -4.18. The molecule has 0 aromatic heterocycles. The van der Waals surface area contributed by atoms with Gasteiger partial charge in [-0.1, -0.05) is 11.6 Å². The van der Waals surface area contributed by atoms with E-state index in [9.17, 15) is 40.9 Å². The summed E-state index contributed by atoms with van der Waals surface area (Å²) in [6, 6.07) is 2.85. The van der Waals surface area contributed by atoms with Crippen LogP contribution in [0.1, 0.15) is 15.9 Å². The Kier molecular flexibility index (Phi) is 6.13. The van der Waals surface area contributed by atoms with Gasteiger partial charge in [0.1, 0.15) is 10.6 Å². The van der Waals surface area contributed by atoms with Crippen LogP contribution in [0, 0.1) is 15.9 Å². The fourth-order valence-corrected chi connectivity index (χ4v) is 3.54. The molecular weight excluding hydrogens is 462 g/mol. The second-order valence-corrected chi connectivity index (χ2v) is 7.89. The van der Waals surface area contributed by atoms with Gasteiger partial charge in [-0.2, -0.15) is 21.6 Å². The van der Waals surface area contributed by atoms with Crippen LogP contribution in [0.3, 0.4) is 0 Å². The molecule has 162 valence electrons. The maximum absolute atomic E-state index is 14.1. The van der Waals surface area contributed by atoms with E-state index in [1.807, 2.05) is 0 Å². The Morgan fingerprint density at radius 3 is 2.33 bits per heavy atom. The molecule has 0 heterocycles. The predicted molar refractivity (Wildman–Crippen MR) is 93.4 cm³/mol. The number of carbonyl (C=O) groups excluding carboxylic acids is 1. The minimum Gasteiger partial charge on any atom is -0.453 e. The van der Waals surface area contributed by atoms with E-state index in [1.54, 1.807) is 0 Å². The monoisotopic (exact) mass is 471 g/mol. The number of rotatable bonds is 6. The van der Waals surface area contributed by atoms with E-state index >= 15 is 0 Å². The average Bonchev–Trinajstić information content (AvgIpc) is 2.62. The number of hydrogen-bond donors (Lipinski definition) is 1. The molecule has 30 heavy (non-hydrogen) atoms. The molecule has 0 saturated heterocycles. The first-order valence-electron chi connectivity index (χ1n) is 7.47. The zero-order valence-corrected chi connectivity index (χ0v) is 16.2. The number of hydrogen-bond acceptors (Lipinski definition) is 6. The van der Waals surface area contributed by atoms with E-state index < -0.39 is 65.5 Å². The number of halogens is 5. The first kappa shape index (κ1) is 23.2. The summed E-state index contributed by atoms with van der Waals surface area (Å²) in [4.78, 5) is 21.6. The van der Waals surface area contributed by atoms with E-state index in [1.165, 1.54) is 0 Å². The summed E-state index contributed by atoms with van der Waals surface area (Å²) in [5.41, 5.74) is 2.98. The van der Waals surface area contributed by atoms with Crippen LogP contribution in [-0.2, 0) is 16.2 Å². The highest BCUT2D eigenvalue weighted by Gasteiger charge is 2.34. The number of amides is 1. The van der Waals surface area contributed by atoms with Crippen LogP contribution >= 0.6 is 11.6 Å². The molecule has 0 aliphatic heterocycles. The highest BCUT2D eigenvalue weighted by Crippen LogP contribution is 2.39. The largest absolute Gasteiger partial charge is 0.453 e.